The van der Waals surface area contributed by atoms with Crippen molar-refractivity contribution in [2.45, 2.75) is 25.8 Å². The van der Waals surface area contributed by atoms with Crippen LogP contribution in [-0.2, 0) is 21.3 Å². The minimum atomic E-state index is -3.19. The third-order valence-electron chi connectivity index (χ3n) is 7.13. The van der Waals surface area contributed by atoms with Gasteiger partial charge in [-0.25, -0.2) is 8.42 Å². The van der Waals surface area contributed by atoms with Crippen LogP contribution in [0.15, 0.2) is 42.5 Å². The van der Waals surface area contributed by atoms with Gasteiger partial charge in [0.15, 0.2) is 0 Å². The Morgan fingerprint density at radius 1 is 0.970 bits per heavy atom. The first kappa shape index (κ1) is 20.9. The number of hydrogen-bond acceptors (Lipinski definition) is 5. The monoisotopic (exact) mass is 466 g/mol. The first-order valence-electron chi connectivity index (χ1n) is 11.9. The molecule has 3 aromatic rings. The van der Waals surface area contributed by atoms with Crippen LogP contribution in [0.2, 0.25) is 0 Å². The van der Waals surface area contributed by atoms with E-state index in [2.05, 4.69) is 27.7 Å². The molecule has 0 spiro atoms. The van der Waals surface area contributed by atoms with Crippen molar-refractivity contribution in [3.63, 3.8) is 0 Å². The largest absolute Gasteiger partial charge is 0.396 e. The Labute approximate surface area is 194 Å². The fourth-order valence-electron chi connectivity index (χ4n) is 5.16. The molecule has 33 heavy (non-hydrogen) atoms. The van der Waals surface area contributed by atoms with Gasteiger partial charge in [-0.2, -0.15) is 0 Å². The highest BCUT2D eigenvalue weighted by atomic mass is 32.2. The predicted molar refractivity (Wildman–Crippen MR) is 133 cm³/mol. The van der Waals surface area contributed by atoms with Crippen molar-refractivity contribution in [2.75, 3.05) is 53.5 Å². The molecule has 3 fully saturated rings. The topological polar surface area (TPSA) is 80.8 Å². The molecule has 0 unspecified atom stereocenters. The van der Waals surface area contributed by atoms with E-state index in [1.165, 1.54) is 28.4 Å². The van der Waals surface area contributed by atoms with Gasteiger partial charge in [0.2, 0.25) is 10.0 Å². The molecule has 174 valence electrons. The van der Waals surface area contributed by atoms with Crippen LogP contribution in [0.4, 0.5) is 17.1 Å². The molecule has 3 heterocycles. The van der Waals surface area contributed by atoms with Gasteiger partial charge < -0.3 is 19.9 Å². The lowest BCUT2D eigenvalue weighted by atomic mass is 10.1. The minimum Gasteiger partial charge on any atom is -0.396 e. The number of nitrogens with zero attached hydrogens (tertiary/aromatic N) is 3. The Morgan fingerprint density at radius 2 is 1.70 bits per heavy atom. The highest BCUT2D eigenvalue weighted by Gasteiger charge is 2.29. The zero-order valence-corrected chi connectivity index (χ0v) is 19.6. The van der Waals surface area contributed by atoms with Gasteiger partial charge in [-0.05, 0) is 55.5 Å². The molecule has 0 radical (unpaired) electrons. The van der Waals surface area contributed by atoms with Crippen LogP contribution in [0.25, 0.3) is 22.2 Å². The molecule has 8 heteroatoms. The van der Waals surface area contributed by atoms with E-state index in [0.29, 0.717) is 18.9 Å². The van der Waals surface area contributed by atoms with Crippen molar-refractivity contribution in [1.29, 1.82) is 0 Å². The molecule has 3 aliphatic rings. The molecule has 2 N–H and O–H groups in total. The number of fused-ring (bicyclic) bond motifs is 1. The second kappa shape index (κ2) is 7.95. The Balaban J connectivity index is 1.42. The normalized spacial score (nSPS) is 20.6. The Morgan fingerprint density at radius 3 is 2.36 bits per heavy atom. The quantitative estimate of drug-likeness (QED) is 0.621. The fourth-order valence-corrected chi connectivity index (χ4v) is 6.72. The van der Waals surface area contributed by atoms with E-state index >= 15 is 0 Å². The van der Waals surface area contributed by atoms with Gasteiger partial charge >= 0.3 is 0 Å². The van der Waals surface area contributed by atoms with Crippen molar-refractivity contribution >= 4 is 38.0 Å². The van der Waals surface area contributed by atoms with Gasteiger partial charge in [0.25, 0.3) is 0 Å². The van der Waals surface area contributed by atoms with E-state index < -0.39 is 10.0 Å². The molecule has 0 atom stereocenters. The number of aromatic nitrogens is 1. The van der Waals surface area contributed by atoms with Crippen molar-refractivity contribution in [1.82, 2.24) is 4.57 Å². The van der Waals surface area contributed by atoms with E-state index in [1.807, 2.05) is 24.3 Å². The third-order valence-corrected chi connectivity index (χ3v) is 9.00. The number of morpholine rings is 1. The smallest absolute Gasteiger partial charge is 0.235 e. The zero-order chi connectivity index (χ0) is 22.6. The van der Waals surface area contributed by atoms with E-state index in [0.717, 1.165) is 60.9 Å². The molecule has 2 aliphatic heterocycles. The highest BCUT2D eigenvalue weighted by molar-refractivity contribution is 7.93. The van der Waals surface area contributed by atoms with Crippen LogP contribution in [0.3, 0.4) is 0 Å². The summed E-state index contributed by atoms with van der Waals surface area (Å²) in [4.78, 5) is 2.37. The van der Waals surface area contributed by atoms with Crippen LogP contribution in [0, 0.1) is 5.92 Å². The number of rotatable bonds is 5. The number of benzene rings is 2. The maximum absolute atomic E-state index is 12.3. The number of anilines is 3. The predicted octanol–water partition coefficient (Wildman–Crippen LogP) is 3.68. The van der Waals surface area contributed by atoms with Gasteiger partial charge in [0, 0.05) is 42.8 Å². The summed E-state index contributed by atoms with van der Waals surface area (Å²) in [6.07, 6.45) is 3.19. The lowest BCUT2D eigenvalue weighted by molar-refractivity contribution is 0.122. The molecule has 2 aromatic carbocycles. The average Bonchev–Trinajstić information content (AvgIpc) is 3.52. The van der Waals surface area contributed by atoms with E-state index in [9.17, 15) is 8.42 Å². The summed E-state index contributed by atoms with van der Waals surface area (Å²) in [6.45, 7) is 4.82. The summed E-state index contributed by atoms with van der Waals surface area (Å²) in [7, 11) is -3.19. The molecule has 0 bridgehead atoms. The molecule has 1 saturated carbocycles. The maximum Gasteiger partial charge on any atom is 0.235 e. The lowest BCUT2D eigenvalue weighted by Gasteiger charge is -2.29. The fraction of sp³-hybridized carbons (Fsp3) is 0.440. The van der Waals surface area contributed by atoms with Gasteiger partial charge in [-0.15, -0.1) is 0 Å². The number of nitrogens with two attached hydrogens (primary N) is 1. The number of nitrogen functional groups attached to an aromatic ring is 1. The van der Waals surface area contributed by atoms with Crippen LogP contribution in [-0.4, -0.2) is 51.6 Å². The number of sulfonamides is 1. The van der Waals surface area contributed by atoms with Gasteiger partial charge in [0.05, 0.1) is 41.6 Å². The van der Waals surface area contributed by atoms with Crippen molar-refractivity contribution < 1.29 is 13.2 Å². The Bertz CT molecular complexity index is 1290. The second-order valence-corrected chi connectivity index (χ2v) is 11.4. The molecular weight excluding hydrogens is 436 g/mol. The van der Waals surface area contributed by atoms with E-state index in [1.54, 1.807) is 0 Å². The van der Waals surface area contributed by atoms with Crippen LogP contribution in [0.5, 0.6) is 0 Å². The van der Waals surface area contributed by atoms with E-state index in [-0.39, 0.29) is 5.75 Å². The van der Waals surface area contributed by atoms with Crippen molar-refractivity contribution in [2.24, 2.45) is 5.92 Å². The highest BCUT2D eigenvalue weighted by Crippen LogP contribution is 2.41. The SMILES string of the molecule is Nc1c(-c2ccc(N3CCCS3(=O)=O)cc2)n(CC2CC2)c2cc(N3CCOCC3)ccc12. The van der Waals surface area contributed by atoms with Gasteiger partial charge in [0.1, 0.15) is 0 Å². The zero-order valence-electron chi connectivity index (χ0n) is 18.7. The minimum absolute atomic E-state index is 0.225. The number of hydrogen-bond donors (Lipinski definition) is 1. The first-order valence-corrected chi connectivity index (χ1v) is 13.5. The summed E-state index contributed by atoms with van der Waals surface area (Å²) < 4.78 is 34.1. The van der Waals surface area contributed by atoms with Crippen LogP contribution < -0.4 is 14.9 Å². The van der Waals surface area contributed by atoms with Crippen molar-refractivity contribution in [3.8, 4) is 11.3 Å². The molecule has 6 rings (SSSR count). The summed E-state index contributed by atoms with van der Waals surface area (Å²) in [5.41, 5.74) is 12.7. The summed E-state index contributed by atoms with van der Waals surface area (Å²) in [5.74, 6) is 0.919. The summed E-state index contributed by atoms with van der Waals surface area (Å²) in [6, 6.07) is 14.4. The molecular formula is C25H30N4O3S. The van der Waals surface area contributed by atoms with Crippen LogP contribution >= 0.6 is 0 Å². The summed E-state index contributed by atoms with van der Waals surface area (Å²) >= 11 is 0. The third kappa shape index (κ3) is 3.75. The maximum atomic E-state index is 12.3. The second-order valence-electron chi connectivity index (χ2n) is 9.41. The molecule has 1 aliphatic carbocycles. The lowest BCUT2D eigenvalue weighted by Crippen LogP contribution is -2.36. The number of ether oxygens (including phenoxy) is 1. The molecule has 7 nitrogen and oxygen atoms in total. The summed E-state index contributed by atoms with van der Waals surface area (Å²) in [5, 5.41) is 1.08. The van der Waals surface area contributed by atoms with Crippen LogP contribution in [0.1, 0.15) is 19.3 Å². The molecule has 1 aromatic heterocycles. The Hall–Kier alpha value is -2.71. The van der Waals surface area contributed by atoms with Crippen molar-refractivity contribution in [3.05, 3.63) is 42.5 Å². The average molecular weight is 467 g/mol. The molecule has 2 saturated heterocycles. The van der Waals surface area contributed by atoms with E-state index in [4.69, 9.17) is 10.5 Å². The first-order chi connectivity index (χ1) is 16.0. The van der Waals surface area contributed by atoms with Gasteiger partial charge in [-0.1, -0.05) is 12.1 Å². The Kier molecular flexibility index (Phi) is 5.03. The standard InChI is InChI=1S/C25H30N4O3S/c26-24-22-9-8-21(27-11-13-32-14-12-27)16-23(22)28(17-18-2-3-18)25(24)19-4-6-20(7-5-19)29-10-1-15-33(29,30)31/h4-9,16,18H,1-3,10-15,17,26H2. The van der Waals surface area contributed by atoms with Gasteiger partial charge in [-0.3, -0.25) is 4.31 Å². The molecule has 0 amide bonds.